The van der Waals surface area contributed by atoms with Crippen molar-refractivity contribution in [3.05, 3.63) is 17.1 Å². The Morgan fingerprint density at radius 2 is 1.90 bits per heavy atom. The van der Waals surface area contributed by atoms with E-state index in [4.69, 9.17) is 15.8 Å². The second-order valence-electron chi connectivity index (χ2n) is 5.93. The second kappa shape index (κ2) is 6.75. The smallest absolute Gasteiger partial charge is 0.147 e. The summed E-state index contributed by atoms with van der Waals surface area (Å²) >= 11 is 4.04. The van der Waals surface area contributed by atoms with Gasteiger partial charge in [-0.3, -0.25) is 0 Å². The predicted molar refractivity (Wildman–Crippen MR) is 92.8 cm³/mol. The van der Waals surface area contributed by atoms with Gasteiger partial charge in [-0.25, -0.2) is 15.8 Å². The van der Waals surface area contributed by atoms with Gasteiger partial charge in [-0.2, -0.15) is 11.8 Å². The number of nitrogen functional groups attached to an aromatic ring is 1. The van der Waals surface area contributed by atoms with Crippen LogP contribution in [0.25, 0.3) is 0 Å². The second-order valence-corrected chi connectivity index (χ2v) is 8.92. The van der Waals surface area contributed by atoms with E-state index in [9.17, 15) is 0 Å². The Hall–Kier alpha value is -0.460. The Labute approximate surface area is 135 Å². The molecule has 6 heteroatoms. The molecule has 4 nitrogen and oxygen atoms in total. The van der Waals surface area contributed by atoms with Crippen LogP contribution in [0, 0.1) is 0 Å². The van der Waals surface area contributed by atoms with Crippen LogP contribution in [0.3, 0.4) is 0 Å². The predicted octanol–water partition coefficient (Wildman–Crippen LogP) is 3.33. The minimum absolute atomic E-state index is 0.391. The molecule has 0 spiro atoms. The van der Waals surface area contributed by atoms with Crippen LogP contribution < -0.4 is 11.3 Å². The molecule has 1 aromatic heterocycles. The molecule has 1 saturated heterocycles. The molecule has 3 unspecified atom stereocenters. The van der Waals surface area contributed by atoms with E-state index >= 15 is 0 Å². The lowest BCUT2D eigenvalue weighted by atomic mass is 10.1. The molecule has 0 aromatic carbocycles. The number of hydrazine groups is 1. The van der Waals surface area contributed by atoms with Gasteiger partial charge in [-0.1, -0.05) is 20.3 Å². The third kappa shape index (κ3) is 3.32. The van der Waals surface area contributed by atoms with Gasteiger partial charge in [0, 0.05) is 27.5 Å². The zero-order valence-electron chi connectivity index (χ0n) is 12.8. The van der Waals surface area contributed by atoms with Crippen LogP contribution in [-0.2, 0) is 12.8 Å². The number of fused-ring (bicyclic) bond motifs is 1. The van der Waals surface area contributed by atoms with E-state index in [1.807, 2.05) is 23.5 Å². The molecule has 0 bridgehead atoms. The summed E-state index contributed by atoms with van der Waals surface area (Å²) in [6, 6.07) is 0. The lowest BCUT2D eigenvalue weighted by molar-refractivity contribution is 0.708. The molecule has 21 heavy (non-hydrogen) atoms. The molecule has 3 rings (SSSR count). The molecule has 116 valence electrons. The van der Waals surface area contributed by atoms with Gasteiger partial charge >= 0.3 is 0 Å². The first-order valence-corrected chi connectivity index (χ1v) is 9.81. The van der Waals surface area contributed by atoms with Crippen molar-refractivity contribution in [3.8, 4) is 0 Å². The third-order valence-corrected chi connectivity index (χ3v) is 7.81. The average Bonchev–Trinajstić information content (AvgIpc) is 2.74. The van der Waals surface area contributed by atoms with Gasteiger partial charge in [0.25, 0.3) is 0 Å². The van der Waals surface area contributed by atoms with Gasteiger partial charge in [0.1, 0.15) is 11.6 Å². The first kappa shape index (κ1) is 15.4. The quantitative estimate of drug-likeness (QED) is 0.494. The van der Waals surface area contributed by atoms with Crippen molar-refractivity contribution in [3.63, 3.8) is 0 Å². The highest BCUT2D eigenvalue weighted by Crippen LogP contribution is 2.43. The minimum atomic E-state index is 0.391. The fourth-order valence-corrected chi connectivity index (χ4v) is 5.82. The maximum Gasteiger partial charge on any atom is 0.147 e. The number of hydrogen-bond acceptors (Lipinski definition) is 6. The topological polar surface area (TPSA) is 63.8 Å². The molecule has 1 aromatic rings. The van der Waals surface area contributed by atoms with Gasteiger partial charge in [0.2, 0.25) is 0 Å². The van der Waals surface area contributed by atoms with E-state index in [0.717, 1.165) is 30.2 Å². The van der Waals surface area contributed by atoms with Crippen LogP contribution >= 0.6 is 23.5 Å². The maximum absolute atomic E-state index is 5.72. The number of hydrogen-bond donors (Lipinski definition) is 2. The van der Waals surface area contributed by atoms with Crippen LogP contribution in [0.5, 0.6) is 0 Å². The largest absolute Gasteiger partial charge is 0.308 e. The highest BCUT2D eigenvalue weighted by Gasteiger charge is 2.29. The highest BCUT2D eigenvalue weighted by molar-refractivity contribution is 8.07. The Balaban J connectivity index is 1.91. The number of nitrogens with one attached hydrogen (secondary N) is 1. The van der Waals surface area contributed by atoms with Crippen LogP contribution in [0.4, 0.5) is 5.82 Å². The van der Waals surface area contributed by atoms with Crippen molar-refractivity contribution in [2.75, 3.05) is 11.2 Å². The van der Waals surface area contributed by atoms with Crippen molar-refractivity contribution < 1.29 is 0 Å². The number of aryl methyl sites for hydroxylation is 1. The lowest BCUT2D eigenvalue weighted by Crippen LogP contribution is -2.24. The monoisotopic (exact) mass is 324 g/mol. The molecule has 2 aliphatic rings. The lowest BCUT2D eigenvalue weighted by Gasteiger charge is -2.30. The number of thioether (sulfide) groups is 2. The van der Waals surface area contributed by atoms with E-state index in [1.54, 1.807) is 0 Å². The fraction of sp³-hybridized carbons (Fsp3) is 0.733. The summed E-state index contributed by atoms with van der Waals surface area (Å²) in [7, 11) is 0. The third-order valence-electron chi connectivity index (χ3n) is 4.43. The van der Waals surface area contributed by atoms with Gasteiger partial charge in [-0.15, -0.1) is 11.8 Å². The summed E-state index contributed by atoms with van der Waals surface area (Å²) in [5.41, 5.74) is 5.28. The maximum atomic E-state index is 5.72. The summed E-state index contributed by atoms with van der Waals surface area (Å²) in [6.07, 6.45) is 5.84. The summed E-state index contributed by atoms with van der Waals surface area (Å²) in [6.45, 7) is 4.61. The summed E-state index contributed by atoms with van der Waals surface area (Å²) in [4.78, 5) is 9.67. The summed E-state index contributed by atoms with van der Waals surface area (Å²) in [5.74, 6) is 8.64. The van der Waals surface area contributed by atoms with Crippen molar-refractivity contribution in [2.24, 2.45) is 5.84 Å². The molecular weight excluding hydrogens is 300 g/mol. The zero-order chi connectivity index (χ0) is 14.8. The standard InChI is InChI=1S/C15H24N4S2/c1-9-10(2)21-13(8-20-9)15-17-12-7-5-3-4-6-11(12)14(18-15)19-16/h9-10,13H,3-8,16H2,1-2H3,(H,17,18,19). The van der Waals surface area contributed by atoms with Crippen molar-refractivity contribution in [1.82, 2.24) is 9.97 Å². The number of nitrogens with zero attached hydrogens (tertiary/aromatic N) is 2. The molecular formula is C15H24N4S2. The number of nitrogens with two attached hydrogens (primary N) is 1. The number of anilines is 1. The van der Waals surface area contributed by atoms with E-state index in [0.29, 0.717) is 15.7 Å². The Morgan fingerprint density at radius 1 is 1.10 bits per heavy atom. The molecule has 3 atom stereocenters. The Bertz CT molecular complexity index is 509. The van der Waals surface area contributed by atoms with Gasteiger partial charge < -0.3 is 5.43 Å². The average molecular weight is 325 g/mol. The Morgan fingerprint density at radius 3 is 2.67 bits per heavy atom. The molecule has 0 amide bonds. The first-order valence-electron chi connectivity index (χ1n) is 7.82. The summed E-state index contributed by atoms with van der Waals surface area (Å²) in [5, 5.41) is 1.74. The van der Waals surface area contributed by atoms with Crippen LogP contribution in [0.2, 0.25) is 0 Å². The van der Waals surface area contributed by atoms with Crippen molar-refractivity contribution in [2.45, 2.75) is 61.7 Å². The van der Waals surface area contributed by atoms with E-state index in [1.165, 1.54) is 30.5 Å². The van der Waals surface area contributed by atoms with Gasteiger partial charge in [0.15, 0.2) is 0 Å². The van der Waals surface area contributed by atoms with Crippen molar-refractivity contribution in [1.29, 1.82) is 0 Å². The van der Waals surface area contributed by atoms with Crippen LogP contribution in [0.1, 0.15) is 55.4 Å². The minimum Gasteiger partial charge on any atom is -0.308 e. The zero-order valence-corrected chi connectivity index (χ0v) is 14.4. The molecule has 0 saturated carbocycles. The molecule has 1 fully saturated rings. The van der Waals surface area contributed by atoms with E-state index in [-0.39, 0.29) is 0 Å². The highest BCUT2D eigenvalue weighted by atomic mass is 32.2. The van der Waals surface area contributed by atoms with Gasteiger partial charge in [0.05, 0.1) is 5.25 Å². The van der Waals surface area contributed by atoms with Crippen LogP contribution in [-0.4, -0.2) is 26.2 Å². The molecule has 1 aliphatic heterocycles. The normalized spacial score (nSPS) is 29.6. The summed E-state index contributed by atoms with van der Waals surface area (Å²) < 4.78 is 0. The number of rotatable bonds is 2. The first-order chi connectivity index (χ1) is 10.2. The fourth-order valence-electron chi connectivity index (χ4n) is 2.97. The van der Waals surface area contributed by atoms with Gasteiger partial charge in [-0.05, 0) is 25.7 Å². The molecule has 2 heterocycles. The molecule has 3 N–H and O–H groups in total. The Kier molecular flexibility index (Phi) is 4.96. The molecule has 1 aliphatic carbocycles. The van der Waals surface area contributed by atoms with Crippen molar-refractivity contribution >= 4 is 29.3 Å². The van der Waals surface area contributed by atoms with E-state index < -0.39 is 0 Å². The SMILES string of the molecule is CC1SCC(c2nc3c(c(NN)n2)CCCCC3)SC1C. The van der Waals surface area contributed by atoms with E-state index in [2.05, 4.69) is 19.3 Å². The van der Waals surface area contributed by atoms with Crippen LogP contribution in [0.15, 0.2) is 0 Å². The molecule has 0 radical (unpaired) electrons. The number of aromatic nitrogens is 2.